The molecule has 10 aromatic rings. The molecule has 0 aliphatic heterocycles. The third kappa shape index (κ3) is 5.44. The summed E-state index contributed by atoms with van der Waals surface area (Å²) in [5.74, 6) is 0. The maximum absolute atomic E-state index is 6.89. The molecule has 9 aromatic carbocycles. The molecule has 0 aliphatic rings. The molecule has 0 bridgehead atoms. The summed E-state index contributed by atoms with van der Waals surface area (Å²) in [6.07, 6.45) is 0. The quantitative estimate of drug-likeness (QED) is 0.166. The molecule has 0 amide bonds. The van der Waals surface area contributed by atoms with Crippen LogP contribution in [0.25, 0.3) is 77.2 Å². The Morgan fingerprint density at radius 1 is 0.315 bits per heavy atom. The highest BCUT2D eigenvalue weighted by molar-refractivity contribution is 6.18. The standard InChI is InChI=1S/C52H35NO/c1-3-18-37(19-4-1)41-23-9-10-25-44(41)45-26-12-15-29-48(45)53(47-28-14-11-24-42(47)38-20-5-2-6-21-38)49-34-33-43(40-32-31-36-17-7-8-22-39(36)35-40)52-51(49)46-27-13-16-30-50(46)54-52/h1-35H. The second kappa shape index (κ2) is 13.4. The molecule has 0 saturated carbocycles. The number of hydrogen-bond acceptors (Lipinski definition) is 2. The Kier molecular flexibility index (Phi) is 7.85. The molecule has 2 nitrogen and oxygen atoms in total. The molecule has 0 unspecified atom stereocenters. The predicted octanol–water partition coefficient (Wildman–Crippen LogP) is 14.9. The van der Waals surface area contributed by atoms with Crippen LogP contribution in [0.5, 0.6) is 0 Å². The van der Waals surface area contributed by atoms with Crippen molar-refractivity contribution in [2.24, 2.45) is 0 Å². The Balaban J connectivity index is 1.29. The van der Waals surface area contributed by atoms with Gasteiger partial charge in [-0.1, -0.05) is 176 Å². The first-order chi connectivity index (χ1) is 26.8. The van der Waals surface area contributed by atoms with Gasteiger partial charge in [-0.05, 0) is 75.0 Å². The largest absolute Gasteiger partial charge is 0.455 e. The smallest absolute Gasteiger partial charge is 0.145 e. The third-order valence-corrected chi connectivity index (χ3v) is 10.5. The molecule has 0 fully saturated rings. The fourth-order valence-corrected chi connectivity index (χ4v) is 7.98. The van der Waals surface area contributed by atoms with Gasteiger partial charge in [0.25, 0.3) is 0 Å². The van der Waals surface area contributed by atoms with Gasteiger partial charge in [0.2, 0.25) is 0 Å². The van der Waals surface area contributed by atoms with Gasteiger partial charge in [-0.3, -0.25) is 0 Å². The lowest BCUT2D eigenvalue weighted by Crippen LogP contribution is -2.13. The van der Waals surface area contributed by atoms with Crippen molar-refractivity contribution in [3.63, 3.8) is 0 Å². The predicted molar refractivity (Wildman–Crippen MR) is 228 cm³/mol. The maximum Gasteiger partial charge on any atom is 0.145 e. The van der Waals surface area contributed by atoms with E-state index in [-0.39, 0.29) is 0 Å². The molecule has 1 aromatic heterocycles. The zero-order valence-corrected chi connectivity index (χ0v) is 29.6. The van der Waals surface area contributed by atoms with E-state index >= 15 is 0 Å². The van der Waals surface area contributed by atoms with Crippen molar-refractivity contribution in [1.82, 2.24) is 0 Å². The van der Waals surface area contributed by atoms with Crippen LogP contribution in [0.3, 0.4) is 0 Å². The van der Waals surface area contributed by atoms with E-state index in [9.17, 15) is 0 Å². The van der Waals surface area contributed by atoms with Crippen LogP contribution in [0.15, 0.2) is 217 Å². The van der Waals surface area contributed by atoms with Gasteiger partial charge >= 0.3 is 0 Å². The van der Waals surface area contributed by atoms with Gasteiger partial charge in [0, 0.05) is 22.1 Å². The topological polar surface area (TPSA) is 16.4 Å². The number of nitrogens with zero attached hydrogens (tertiary/aromatic N) is 1. The van der Waals surface area contributed by atoms with Crippen molar-refractivity contribution in [3.05, 3.63) is 212 Å². The van der Waals surface area contributed by atoms with Gasteiger partial charge in [-0.2, -0.15) is 0 Å². The van der Waals surface area contributed by atoms with Gasteiger partial charge in [-0.15, -0.1) is 0 Å². The molecule has 0 atom stereocenters. The van der Waals surface area contributed by atoms with Crippen molar-refractivity contribution in [1.29, 1.82) is 0 Å². The first-order valence-corrected chi connectivity index (χ1v) is 18.4. The van der Waals surface area contributed by atoms with Crippen molar-refractivity contribution >= 4 is 49.8 Å². The second-order valence-electron chi connectivity index (χ2n) is 13.6. The zero-order valence-electron chi connectivity index (χ0n) is 29.6. The van der Waals surface area contributed by atoms with Gasteiger partial charge in [0.1, 0.15) is 11.2 Å². The Bertz CT molecular complexity index is 2940. The van der Waals surface area contributed by atoms with Crippen molar-refractivity contribution in [2.75, 3.05) is 4.90 Å². The lowest BCUT2D eigenvalue weighted by atomic mass is 9.92. The lowest BCUT2D eigenvalue weighted by Gasteiger charge is -2.31. The highest BCUT2D eigenvalue weighted by Crippen LogP contribution is 2.51. The molecule has 2 heteroatoms. The monoisotopic (exact) mass is 689 g/mol. The molecule has 0 spiro atoms. The Morgan fingerprint density at radius 3 is 1.63 bits per heavy atom. The summed E-state index contributed by atoms with van der Waals surface area (Å²) in [6.45, 7) is 0. The van der Waals surface area contributed by atoms with E-state index in [1.54, 1.807) is 0 Å². The number of para-hydroxylation sites is 3. The lowest BCUT2D eigenvalue weighted by molar-refractivity contribution is 0.670. The van der Waals surface area contributed by atoms with Gasteiger partial charge in [-0.25, -0.2) is 0 Å². The van der Waals surface area contributed by atoms with E-state index in [0.29, 0.717) is 0 Å². The summed E-state index contributed by atoms with van der Waals surface area (Å²) in [5.41, 5.74) is 14.1. The fraction of sp³-hybridized carbons (Fsp3) is 0. The molecular weight excluding hydrogens is 655 g/mol. The van der Waals surface area contributed by atoms with Crippen molar-refractivity contribution < 1.29 is 4.42 Å². The maximum atomic E-state index is 6.89. The van der Waals surface area contributed by atoms with Crippen LogP contribution >= 0.6 is 0 Å². The van der Waals surface area contributed by atoms with Crippen LogP contribution < -0.4 is 4.90 Å². The average Bonchev–Trinajstić information content (AvgIpc) is 3.65. The van der Waals surface area contributed by atoms with Crippen LogP contribution in [-0.2, 0) is 0 Å². The van der Waals surface area contributed by atoms with E-state index < -0.39 is 0 Å². The van der Waals surface area contributed by atoms with Crippen LogP contribution in [0.2, 0.25) is 0 Å². The highest BCUT2D eigenvalue weighted by Gasteiger charge is 2.26. The molecular formula is C52H35NO. The molecule has 0 aliphatic carbocycles. The summed E-state index contributed by atoms with van der Waals surface area (Å²) in [7, 11) is 0. The van der Waals surface area contributed by atoms with Crippen LogP contribution in [0, 0.1) is 0 Å². The molecule has 54 heavy (non-hydrogen) atoms. The second-order valence-corrected chi connectivity index (χ2v) is 13.6. The summed E-state index contributed by atoms with van der Waals surface area (Å²) >= 11 is 0. The van der Waals surface area contributed by atoms with Gasteiger partial charge in [0.05, 0.1) is 22.4 Å². The first-order valence-electron chi connectivity index (χ1n) is 18.4. The number of furan rings is 1. The number of benzene rings is 9. The van der Waals surface area contributed by atoms with Crippen LogP contribution in [0.1, 0.15) is 0 Å². The van der Waals surface area contributed by atoms with Gasteiger partial charge in [0.15, 0.2) is 0 Å². The molecule has 10 rings (SSSR count). The minimum absolute atomic E-state index is 0.862. The molecule has 0 N–H and O–H groups in total. The van der Waals surface area contributed by atoms with E-state index in [4.69, 9.17) is 4.42 Å². The average molecular weight is 690 g/mol. The van der Waals surface area contributed by atoms with E-state index in [0.717, 1.165) is 66.8 Å². The van der Waals surface area contributed by atoms with Crippen molar-refractivity contribution in [3.8, 4) is 44.5 Å². The summed E-state index contributed by atoms with van der Waals surface area (Å²) in [6, 6.07) is 75.8. The molecule has 254 valence electrons. The van der Waals surface area contributed by atoms with Crippen LogP contribution in [-0.4, -0.2) is 0 Å². The van der Waals surface area contributed by atoms with E-state index in [2.05, 4.69) is 217 Å². The molecule has 1 heterocycles. The number of hydrogen-bond donors (Lipinski definition) is 0. The highest BCUT2D eigenvalue weighted by atomic mass is 16.3. The summed E-state index contributed by atoms with van der Waals surface area (Å²) in [5, 5.41) is 4.57. The number of anilines is 3. The Morgan fingerprint density at radius 2 is 0.870 bits per heavy atom. The Hall–Kier alpha value is -7.16. The SMILES string of the molecule is c1ccc(-c2ccccc2-c2ccccc2N(c2ccccc2-c2ccccc2)c2ccc(-c3ccc4ccccc4c3)c3oc4ccccc4c23)cc1. The fourth-order valence-electron chi connectivity index (χ4n) is 7.98. The first kappa shape index (κ1) is 31.6. The van der Waals surface area contributed by atoms with E-state index in [1.807, 2.05) is 0 Å². The van der Waals surface area contributed by atoms with Crippen LogP contribution in [0.4, 0.5) is 17.1 Å². The number of fused-ring (bicyclic) bond motifs is 4. The molecule has 0 radical (unpaired) electrons. The van der Waals surface area contributed by atoms with Crippen molar-refractivity contribution in [2.45, 2.75) is 0 Å². The zero-order chi connectivity index (χ0) is 35.8. The minimum atomic E-state index is 0.862. The Labute approximate surface area is 314 Å². The third-order valence-electron chi connectivity index (χ3n) is 10.5. The normalized spacial score (nSPS) is 11.3. The van der Waals surface area contributed by atoms with E-state index in [1.165, 1.54) is 27.5 Å². The summed E-state index contributed by atoms with van der Waals surface area (Å²) in [4.78, 5) is 2.45. The summed E-state index contributed by atoms with van der Waals surface area (Å²) < 4.78 is 6.89. The molecule has 0 saturated heterocycles. The van der Waals surface area contributed by atoms with Gasteiger partial charge < -0.3 is 9.32 Å². The minimum Gasteiger partial charge on any atom is -0.455 e. The number of rotatable bonds is 7.